The molecule has 3 rings (SSSR count). The number of aryl methyl sites for hydroxylation is 1. The summed E-state index contributed by atoms with van der Waals surface area (Å²) < 4.78 is 6.15. The number of rotatable bonds is 2. The van der Waals surface area contributed by atoms with Crippen LogP contribution in [0.15, 0.2) is 45.4 Å². The third-order valence-electron chi connectivity index (χ3n) is 2.95. The first-order chi connectivity index (χ1) is 10.0. The van der Waals surface area contributed by atoms with Gasteiger partial charge in [-0.3, -0.25) is 4.79 Å². The monoisotopic (exact) mass is 364 g/mol. The van der Waals surface area contributed by atoms with Crippen molar-refractivity contribution in [3.63, 3.8) is 0 Å². The van der Waals surface area contributed by atoms with E-state index in [2.05, 4.69) is 26.2 Å². The Kier molecular flexibility index (Phi) is 3.69. The van der Waals surface area contributed by atoms with Crippen molar-refractivity contribution < 1.29 is 9.21 Å². The number of nitrogens with zero attached hydrogens (tertiary/aromatic N) is 1. The molecule has 1 aromatic carbocycles. The van der Waals surface area contributed by atoms with Gasteiger partial charge in [-0.15, -0.1) is 0 Å². The average Bonchev–Trinajstić information content (AvgIpc) is 2.86. The summed E-state index contributed by atoms with van der Waals surface area (Å²) in [6, 6.07) is 9.15. The highest BCUT2D eigenvalue weighted by Crippen LogP contribution is 2.24. The third kappa shape index (κ3) is 2.94. The van der Waals surface area contributed by atoms with Crippen molar-refractivity contribution in [2.45, 2.75) is 6.92 Å². The second kappa shape index (κ2) is 5.50. The lowest BCUT2D eigenvalue weighted by atomic mass is 10.2. The van der Waals surface area contributed by atoms with Crippen molar-refractivity contribution >= 4 is 50.1 Å². The number of pyridine rings is 1. The summed E-state index contributed by atoms with van der Waals surface area (Å²) in [6.45, 7) is 1.99. The Hall–Kier alpha value is -1.85. The van der Waals surface area contributed by atoms with Crippen LogP contribution < -0.4 is 5.32 Å². The van der Waals surface area contributed by atoms with Crippen LogP contribution in [0.5, 0.6) is 0 Å². The van der Waals surface area contributed by atoms with Crippen LogP contribution >= 0.6 is 27.5 Å². The van der Waals surface area contributed by atoms with Gasteiger partial charge in [0, 0.05) is 5.39 Å². The molecule has 0 saturated heterocycles. The van der Waals surface area contributed by atoms with Gasteiger partial charge in [0.05, 0.1) is 16.4 Å². The van der Waals surface area contributed by atoms with E-state index in [-0.39, 0.29) is 11.7 Å². The number of anilines is 1. The van der Waals surface area contributed by atoms with Gasteiger partial charge in [0.2, 0.25) is 0 Å². The molecule has 0 bridgehead atoms. The molecule has 0 aliphatic heterocycles. The highest BCUT2D eigenvalue weighted by atomic mass is 79.9. The fourth-order valence-corrected chi connectivity index (χ4v) is 2.41. The molecule has 0 fully saturated rings. The fourth-order valence-electron chi connectivity index (χ4n) is 1.96. The maximum Gasteiger partial charge on any atom is 0.291 e. The van der Waals surface area contributed by atoms with E-state index < -0.39 is 0 Å². The van der Waals surface area contributed by atoms with Gasteiger partial charge in [-0.25, -0.2) is 4.98 Å². The van der Waals surface area contributed by atoms with E-state index >= 15 is 0 Å². The lowest BCUT2D eigenvalue weighted by molar-refractivity contribution is 0.0998. The molecule has 0 radical (unpaired) electrons. The largest absolute Gasteiger partial charge is 0.451 e. The Morgan fingerprint density at radius 1 is 1.33 bits per heavy atom. The second-order valence-electron chi connectivity index (χ2n) is 4.60. The minimum absolute atomic E-state index is 0.252. The molecule has 1 amide bonds. The lowest BCUT2D eigenvalue weighted by Gasteiger charge is -2.03. The standard InChI is InChI=1S/C15H10BrClN2O2/c1-8-2-3-12-9(4-8)5-13(21-12)15(20)19-10-6-11(16)14(17)18-7-10/h2-7H,1H3,(H,19,20). The zero-order valence-electron chi connectivity index (χ0n) is 11.0. The zero-order valence-corrected chi connectivity index (χ0v) is 13.3. The number of fused-ring (bicyclic) bond motifs is 1. The van der Waals surface area contributed by atoms with Crippen molar-refractivity contribution in [2.75, 3.05) is 5.32 Å². The molecule has 0 unspecified atom stereocenters. The van der Waals surface area contributed by atoms with E-state index in [1.165, 1.54) is 6.20 Å². The van der Waals surface area contributed by atoms with Crippen LogP contribution in [-0.2, 0) is 0 Å². The first-order valence-electron chi connectivity index (χ1n) is 6.15. The molecule has 21 heavy (non-hydrogen) atoms. The normalized spacial score (nSPS) is 10.8. The van der Waals surface area contributed by atoms with E-state index in [4.69, 9.17) is 16.0 Å². The van der Waals surface area contributed by atoms with Crippen molar-refractivity contribution in [2.24, 2.45) is 0 Å². The highest BCUT2D eigenvalue weighted by Gasteiger charge is 2.13. The number of amides is 1. The Balaban J connectivity index is 1.87. The van der Waals surface area contributed by atoms with Crippen LogP contribution in [0.2, 0.25) is 5.15 Å². The summed E-state index contributed by atoms with van der Waals surface area (Å²) in [6.07, 6.45) is 1.48. The number of nitrogens with one attached hydrogen (secondary N) is 1. The van der Waals surface area contributed by atoms with E-state index in [1.807, 2.05) is 25.1 Å². The van der Waals surface area contributed by atoms with Crippen molar-refractivity contribution in [3.05, 3.63) is 57.5 Å². The molecule has 0 atom stereocenters. The number of aromatic nitrogens is 1. The molecule has 3 aromatic rings. The molecule has 2 heterocycles. The van der Waals surface area contributed by atoms with Gasteiger partial charge in [-0.05, 0) is 47.1 Å². The highest BCUT2D eigenvalue weighted by molar-refractivity contribution is 9.10. The van der Waals surface area contributed by atoms with Gasteiger partial charge >= 0.3 is 0 Å². The summed E-state index contributed by atoms with van der Waals surface area (Å²) in [4.78, 5) is 16.1. The van der Waals surface area contributed by atoms with Crippen LogP contribution in [0.1, 0.15) is 16.1 Å². The van der Waals surface area contributed by atoms with Gasteiger partial charge in [-0.2, -0.15) is 0 Å². The smallest absolute Gasteiger partial charge is 0.291 e. The zero-order chi connectivity index (χ0) is 15.0. The van der Waals surface area contributed by atoms with Crippen LogP contribution in [0.3, 0.4) is 0 Å². The van der Waals surface area contributed by atoms with Crippen LogP contribution in [0.4, 0.5) is 5.69 Å². The molecule has 0 aliphatic rings. The molecular formula is C15H10BrClN2O2. The van der Waals surface area contributed by atoms with Gasteiger partial charge < -0.3 is 9.73 Å². The minimum Gasteiger partial charge on any atom is -0.451 e. The summed E-state index contributed by atoms with van der Waals surface area (Å²) in [5.41, 5.74) is 2.33. The average molecular weight is 366 g/mol. The molecule has 4 nitrogen and oxygen atoms in total. The molecule has 2 aromatic heterocycles. The molecular weight excluding hydrogens is 356 g/mol. The SMILES string of the molecule is Cc1ccc2oc(C(=O)Nc3cnc(Cl)c(Br)c3)cc2c1. The van der Waals surface area contributed by atoms with Gasteiger partial charge in [0.15, 0.2) is 5.76 Å². The van der Waals surface area contributed by atoms with Crippen LogP contribution in [-0.4, -0.2) is 10.9 Å². The first-order valence-corrected chi connectivity index (χ1v) is 7.32. The molecule has 106 valence electrons. The Morgan fingerprint density at radius 2 is 2.14 bits per heavy atom. The van der Waals surface area contributed by atoms with E-state index in [9.17, 15) is 4.79 Å². The van der Waals surface area contributed by atoms with E-state index in [0.717, 1.165) is 10.9 Å². The third-order valence-corrected chi connectivity index (χ3v) is 4.08. The van der Waals surface area contributed by atoms with Crippen molar-refractivity contribution in [1.29, 1.82) is 0 Å². The lowest BCUT2D eigenvalue weighted by Crippen LogP contribution is -2.11. The molecule has 0 aliphatic carbocycles. The fraction of sp³-hybridized carbons (Fsp3) is 0.0667. The van der Waals surface area contributed by atoms with Crippen molar-refractivity contribution in [1.82, 2.24) is 4.98 Å². The Labute approximate surface area is 134 Å². The predicted octanol–water partition coefficient (Wildman–Crippen LogP) is 4.80. The number of halogens is 2. The number of hydrogen-bond acceptors (Lipinski definition) is 3. The number of carbonyl (C=O) groups is 1. The second-order valence-corrected chi connectivity index (χ2v) is 5.82. The molecule has 6 heteroatoms. The minimum atomic E-state index is -0.333. The number of carbonyl (C=O) groups excluding carboxylic acids is 1. The maximum atomic E-state index is 12.2. The summed E-state index contributed by atoms with van der Waals surface area (Å²) >= 11 is 9.07. The van der Waals surface area contributed by atoms with Crippen LogP contribution in [0, 0.1) is 6.92 Å². The number of furan rings is 1. The molecule has 0 spiro atoms. The maximum absolute atomic E-state index is 12.2. The summed E-state index contributed by atoms with van der Waals surface area (Å²) in [7, 11) is 0. The number of benzene rings is 1. The predicted molar refractivity (Wildman–Crippen MR) is 85.9 cm³/mol. The van der Waals surface area contributed by atoms with Crippen LogP contribution in [0.25, 0.3) is 11.0 Å². The van der Waals surface area contributed by atoms with E-state index in [0.29, 0.717) is 20.9 Å². The number of hydrogen-bond donors (Lipinski definition) is 1. The van der Waals surface area contributed by atoms with Gasteiger partial charge in [0.25, 0.3) is 5.91 Å². The quantitative estimate of drug-likeness (QED) is 0.663. The Morgan fingerprint density at radius 3 is 2.90 bits per heavy atom. The molecule has 0 saturated carbocycles. The Bertz CT molecular complexity index is 845. The summed E-state index contributed by atoms with van der Waals surface area (Å²) in [5.74, 6) is -0.0819. The summed E-state index contributed by atoms with van der Waals surface area (Å²) in [5, 5.41) is 3.96. The van der Waals surface area contributed by atoms with Gasteiger partial charge in [0.1, 0.15) is 10.7 Å². The topological polar surface area (TPSA) is 55.1 Å². The van der Waals surface area contributed by atoms with Crippen molar-refractivity contribution in [3.8, 4) is 0 Å². The molecule has 1 N–H and O–H groups in total. The van der Waals surface area contributed by atoms with E-state index in [1.54, 1.807) is 12.1 Å². The first kappa shape index (κ1) is 14.1. The van der Waals surface area contributed by atoms with Gasteiger partial charge in [-0.1, -0.05) is 23.2 Å².